The predicted octanol–water partition coefficient (Wildman–Crippen LogP) is 2.15. The van der Waals surface area contributed by atoms with Gasteiger partial charge in [0.1, 0.15) is 0 Å². The average molecular weight is 283 g/mol. The van der Waals surface area contributed by atoms with Crippen LogP contribution in [0.3, 0.4) is 0 Å². The first-order valence-corrected chi connectivity index (χ1v) is 8.26. The van der Waals surface area contributed by atoms with Gasteiger partial charge in [0, 0.05) is 24.5 Å². The molecule has 0 bridgehead atoms. The second-order valence-corrected chi connectivity index (χ2v) is 6.22. The third-order valence-corrected chi connectivity index (χ3v) is 4.67. The molecule has 0 radical (unpaired) electrons. The molecule has 4 heteroatoms. The lowest BCUT2D eigenvalue weighted by atomic mass is 9.79. The predicted molar refractivity (Wildman–Crippen MR) is 84.9 cm³/mol. The Balaban J connectivity index is 2.41. The lowest BCUT2D eigenvalue weighted by molar-refractivity contribution is -0.123. The first-order valence-electron chi connectivity index (χ1n) is 8.26. The zero-order valence-electron chi connectivity index (χ0n) is 13.8. The molecule has 0 aromatic rings. The highest BCUT2D eigenvalue weighted by atomic mass is 16.1. The van der Waals surface area contributed by atoms with Crippen molar-refractivity contribution < 1.29 is 4.79 Å². The lowest BCUT2D eigenvalue weighted by Gasteiger charge is -2.37. The molecule has 0 saturated heterocycles. The second-order valence-electron chi connectivity index (χ2n) is 6.22. The summed E-state index contributed by atoms with van der Waals surface area (Å²) in [6.07, 6.45) is 6.66. The van der Waals surface area contributed by atoms with E-state index in [1.807, 2.05) is 7.05 Å². The molecule has 0 spiro atoms. The number of rotatable bonds is 8. The zero-order chi connectivity index (χ0) is 15.0. The number of likely N-dealkylation sites (N-methyl/N-ethyl adjacent to an activating group) is 1. The topological polar surface area (TPSA) is 44.4 Å². The summed E-state index contributed by atoms with van der Waals surface area (Å²) in [6, 6.07) is 0.222. The molecule has 0 aromatic heterocycles. The smallest absolute Gasteiger partial charge is 0.222 e. The fraction of sp³-hybridized carbons (Fsp3) is 0.938. The molecule has 20 heavy (non-hydrogen) atoms. The highest BCUT2D eigenvalue weighted by molar-refractivity contribution is 5.77. The minimum atomic E-state index is 0.0389. The van der Waals surface area contributed by atoms with Crippen LogP contribution in [0.2, 0.25) is 0 Å². The molecule has 1 amide bonds. The number of nitrogens with zero attached hydrogens (tertiary/aromatic N) is 1. The van der Waals surface area contributed by atoms with Gasteiger partial charge in [-0.3, -0.25) is 4.79 Å². The van der Waals surface area contributed by atoms with Crippen LogP contribution in [0.15, 0.2) is 0 Å². The summed E-state index contributed by atoms with van der Waals surface area (Å²) in [5.74, 6) is 0.195. The van der Waals surface area contributed by atoms with E-state index >= 15 is 0 Å². The summed E-state index contributed by atoms with van der Waals surface area (Å²) in [4.78, 5) is 14.6. The number of carbonyl (C=O) groups is 1. The Bertz CT molecular complexity index is 283. The van der Waals surface area contributed by atoms with Gasteiger partial charge in [-0.05, 0) is 39.9 Å². The van der Waals surface area contributed by atoms with Crippen molar-refractivity contribution in [3.63, 3.8) is 0 Å². The molecule has 1 atom stereocenters. The van der Waals surface area contributed by atoms with E-state index < -0.39 is 0 Å². The van der Waals surface area contributed by atoms with E-state index in [1.54, 1.807) is 0 Å². The Morgan fingerprint density at radius 1 is 1.20 bits per heavy atom. The van der Waals surface area contributed by atoms with Crippen molar-refractivity contribution in [3.8, 4) is 0 Å². The molecule has 0 aliphatic heterocycles. The molecule has 1 unspecified atom stereocenters. The van der Waals surface area contributed by atoms with E-state index in [-0.39, 0.29) is 17.5 Å². The van der Waals surface area contributed by atoms with Crippen LogP contribution in [0, 0.1) is 0 Å². The number of hydrogen-bond donors (Lipinski definition) is 2. The highest BCUT2D eigenvalue weighted by Gasteiger charge is 2.32. The normalized spacial score (nSPS) is 19.9. The molecule has 2 N–H and O–H groups in total. The van der Waals surface area contributed by atoms with E-state index in [9.17, 15) is 4.79 Å². The maximum Gasteiger partial charge on any atom is 0.222 e. The molecule has 1 rings (SSSR count). The van der Waals surface area contributed by atoms with Gasteiger partial charge in [0.2, 0.25) is 5.91 Å². The molecule has 0 aromatic carbocycles. The van der Waals surface area contributed by atoms with Gasteiger partial charge < -0.3 is 15.5 Å². The SMILES string of the molecule is CCN(CC)CC(C)NC(=O)CC1(NC)CCCCC1. The minimum absolute atomic E-state index is 0.0389. The molecular weight excluding hydrogens is 250 g/mol. The van der Waals surface area contributed by atoms with E-state index in [4.69, 9.17) is 0 Å². The Kier molecular flexibility index (Phi) is 7.52. The van der Waals surface area contributed by atoms with Crippen molar-refractivity contribution in [2.45, 2.75) is 70.9 Å². The molecule has 1 aliphatic rings. The summed E-state index contributed by atoms with van der Waals surface area (Å²) in [7, 11) is 2.00. The fourth-order valence-electron chi connectivity index (χ4n) is 3.29. The van der Waals surface area contributed by atoms with Crippen LogP contribution < -0.4 is 10.6 Å². The number of amides is 1. The van der Waals surface area contributed by atoms with Crippen molar-refractivity contribution in [2.75, 3.05) is 26.7 Å². The van der Waals surface area contributed by atoms with Crippen LogP contribution in [-0.4, -0.2) is 49.1 Å². The van der Waals surface area contributed by atoms with Gasteiger partial charge in [-0.25, -0.2) is 0 Å². The standard InChI is InChI=1S/C16H33N3O/c1-5-19(6-2)13-14(3)18-15(20)12-16(17-4)10-8-7-9-11-16/h14,17H,5-13H2,1-4H3,(H,18,20). The second kappa shape index (κ2) is 8.63. The van der Waals surface area contributed by atoms with Crippen molar-refractivity contribution in [2.24, 2.45) is 0 Å². The van der Waals surface area contributed by atoms with Gasteiger partial charge in [0.15, 0.2) is 0 Å². The first-order chi connectivity index (χ1) is 9.55. The van der Waals surface area contributed by atoms with E-state index in [1.165, 1.54) is 19.3 Å². The summed E-state index contributed by atoms with van der Waals surface area (Å²) in [5, 5.41) is 6.58. The van der Waals surface area contributed by atoms with Crippen LogP contribution in [0.4, 0.5) is 0 Å². The van der Waals surface area contributed by atoms with Crippen LogP contribution in [0.1, 0.15) is 59.3 Å². The summed E-state index contributed by atoms with van der Waals surface area (Å²) >= 11 is 0. The van der Waals surface area contributed by atoms with Gasteiger partial charge in [0.05, 0.1) is 0 Å². The van der Waals surface area contributed by atoms with Gasteiger partial charge >= 0.3 is 0 Å². The Morgan fingerprint density at radius 3 is 2.30 bits per heavy atom. The van der Waals surface area contributed by atoms with Gasteiger partial charge in [0.25, 0.3) is 0 Å². The van der Waals surface area contributed by atoms with Crippen LogP contribution in [-0.2, 0) is 4.79 Å². The maximum absolute atomic E-state index is 12.3. The maximum atomic E-state index is 12.3. The fourth-order valence-corrected chi connectivity index (χ4v) is 3.29. The summed E-state index contributed by atoms with van der Waals surface area (Å²) < 4.78 is 0. The van der Waals surface area contributed by atoms with E-state index in [0.717, 1.165) is 32.5 Å². The lowest BCUT2D eigenvalue weighted by Crippen LogP contribution is -2.50. The Morgan fingerprint density at radius 2 is 1.80 bits per heavy atom. The summed E-state index contributed by atoms with van der Waals surface area (Å²) in [5.41, 5.74) is 0.0389. The van der Waals surface area contributed by atoms with Gasteiger partial charge in [-0.15, -0.1) is 0 Å². The number of nitrogens with one attached hydrogen (secondary N) is 2. The van der Waals surface area contributed by atoms with E-state index in [2.05, 4.69) is 36.3 Å². The highest BCUT2D eigenvalue weighted by Crippen LogP contribution is 2.30. The monoisotopic (exact) mass is 283 g/mol. The molecule has 1 aliphatic carbocycles. The largest absolute Gasteiger partial charge is 0.352 e. The van der Waals surface area contributed by atoms with Crippen LogP contribution >= 0.6 is 0 Å². The van der Waals surface area contributed by atoms with Crippen molar-refractivity contribution >= 4 is 5.91 Å². The number of carbonyl (C=O) groups excluding carboxylic acids is 1. The molecule has 4 nitrogen and oxygen atoms in total. The van der Waals surface area contributed by atoms with Crippen molar-refractivity contribution in [1.29, 1.82) is 0 Å². The average Bonchev–Trinajstić information content (AvgIpc) is 2.45. The Labute approximate surface area is 124 Å². The number of hydrogen-bond acceptors (Lipinski definition) is 3. The van der Waals surface area contributed by atoms with Crippen LogP contribution in [0.5, 0.6) is 0 Å². The van der Waals surface area contributed by atoms with Gasteiger partial charge in [-0.1, -0.05) is 33.1 Å². The van der Waals surface area contributed by atoms with E-state index in [0.29, 0.717) is 6.42 Å². The quantitative estimate of drug-likeness (QED) is 0.717. The van der Waals surface area contributed by atoms with Crippen molar-refractivity contribution in [3.05, 3.63) is 0 Å². The first kappa shape index (κ1) is 17.4. The summed E-state index contributed by atoms with van der Waals surface area (Å²) in [6.45, 7) is 9.44. The molecule has 1 fully saturated rings. The molecule has 118 valence electrons. The zero-order valence-corrected chi connectivity index (χ0v) is 13.8. The Hall–Kier alpha value is -0.610. The third kappa shape index (κ3) is 5.41. The third-order valence-electron chi connectivity index (χ3n) is 4.67. The van der Waals surface area contributed by atoms with Gasteiger partial charge in [-0.2, -0.15) is 0 Å². The molecular formula is C16H33N3O. The minimum Gasteiger partial charge on any atom is -0.352 e. The van der Waals surface area contributed by atoms with Crippen LogP contribution in [0.25, 0.3) is 0 Å². The van der Waals surface area contributed by atoms with Crippen molar-refractivity contribution in [1.82, 2.24) is 15.5 Å². The molecule has 1 saturated carbocycles. The molecule has 0 heterocycles.